The molecular weight excluding hydrogens is 168 g/mol. The molecule has 1 unspecified atom stereocenters. The zero-order chi connectivity index (χ0) is 8.97. The summed E-state index contributed by atoms with van der Waals surface area (Å²) in [6.45, 7) is 5.32. The second-order valence-corrected chi connectivity index (χ2v) is 3.93. The summed E-state index contributed by atoms with van der Waals surface area (Å²) in [6, 6.07) is 0.557. The molecule has 0 radical (unpaired) electrons. The highest BCUT2D eigenvalue weighted by molar-refractivity contribution is 7.80. The first-order chi connectivity index (χ1) is 5.74. The molecule has 1 saturated carbocycles. The summed E-state index contributed by atoms with van der Waals surface area (Å²) in [4.78, 5) is 0. The summed E-state index contributed by atoms with van der Waals surface area (Å²) in [5.41, 5.74) is 0. The summed E-state index contributed by atoms with van der Waals surface area (Å²) in [7, 11) is 0. The van der Waals surface area contributed by atoms with Crippen LogP contribution < -0.4 is 10.6 Å². The van der Waals surface area contributed by atoms with Gasteiger partial charge in [-0.25, -0.2) is 0 Å². The van der Waals surface area contributed by atoms with Crippen molar-refractivity contribution in [3.05, 3.63) is 0 Å². The van der Waals surface area contributed by atoms with Crippen molar-refractivity contribution < 1.29 is 0 Å². The van der Waals surface area contributed by atoms with Crippen LogP contribution in [0.15, 0.2) is 0 Å². The summed E-state index contributed by atoms with van der Waals surface area (Å²) < 4.78 is 0. The number of thiocarbonyl (C=S) groups is 1. The van der Waals surface area contributed by atoms with Gasteiger partial charge in [-0.1, -0.05) is 6.92 Å². The largest absolute Gasteiger partial charge is 0.363 e. The topological polar surface area (TPSA) is 24.1 Å². The monoisotopic (exact) mass is 186 g/mol. The summed E-state index contributed by atoms with van der Waals surface area (Å²) in [5, 5.41) is 7.28. The van der Waals surface area contributed by atoms with E-state index in [-0.39, 0.29) is 0 Å². The molecule has 1 aliphatic rings. The van der Waals surface area contributed by atoms with Crippen LogP contribution in [0, 0.1) is 5.92 Å². The maximum Gasteiger partial charge on any atom is 0.166 e. The Kier molecular flexibility index (Phi) is 3.79. The van der Waals surface area contributed by atoms with Gasteiger partial charge < -0.3 is 10.6 Å². The molecule has 1 atom stereocenters. The van der Waals surface area contributed by atoms with Crippen LogP contribution in [0.5, 0.6) is 0 Å². The summed E-state index contributed by atoms with van der Waals surface area (Å²) in [6.07, 6.45) is 3.86. The average molecular weight is 186 g/mol. The van der Waals surface area contributed by atoms with Crippen LogP contribution in [0.3, 0.4) is 0 Å². The third kappa shape index (κ3) is 3.39. The van der Waals surface area contributed by atoms with E-state index in [2.05, 4.69) is 24.5 Å². The third-order valence-electron chi connectivity index (χ3n) is 2.22. The highest BCUT2D eigenvalue weighted by Gasteiger charge is 2.27. The molecule has 1 rings (SSSR count). The van der Waals surface area contributed by atoms with Crippen molar-refractivity contribution >= 4 is 17.3 Å². The minimum Gasteiger partial charge on any atom is -0.363 e. The van der Waals surface area contributed by atoms with E-state index in [1.54, 1.807) is 0 Å². The van der Waals surface area contributed by atoms with Crippen molar-refractivity contribution in [1.29, 1.82) is 0 Å². The molecule has 12 heavy (non-hydrogen) atoms. The van der Waals surface area contributed by atoms with Crippen LogP contribution >= 0.6 is 12.2 Å². The number of rotatable bonds is 4. The summed E-state index contributed by atoms with van der Waals surface area (Å²) >= 11 is 5.12. The van der Waals surface area contributed by atoms with Crippen molar-refractivity contribution in [1.82, 2.24) is 10.6 Å². The zero-order valence-corrected chi connectivity index (χ0v) is 8.71. The number of hydrogen-bond acceptors (Lipinski definition) is 1. The first-order valence-corrected chi connectivity index (χ1v) is 5.19. The molecule has 0 aromatic carbocycles. The van der Waals surface area contributed by atoms with Gasteiger partial charge in [-0.3, -0.25) is 0 Å². The maximum atomic E-state index is 5.12. The van der Waals surface area contributed by atoms with Gasteiger partial charge in [0.1, 0.15) is 0 Å². The normalized spacial score (nSPS) is 18.5. The fourth-order valence-corrected chi connectivity index (χ4v) is 1.50. The second-order valence-electron chi connectivity index (χ2n) is 3.53. The van der Waals surface area contributed by atoms with E-state index in [1.807, 2.05) is 0 Å². The first-order valence-electron chi connectivity index (χ1n) is 4.78. The van der Waals surface area contributed by atoms with Crippen LogP contribution in [-0.4, -0.2) is 17.7 Å². The molecule has 2 N–H and O–H groups in total. The Bertz CT molecular complexity index is 155. The van der Waals surface area contributed by atoms with E-state index in [1.165, 1.54) is 12.8 Å². The zero-order valence-electron chi connectivity index (χ0n) is 7.89. The van der Waals surface area contributed by atoms with Crippen molar-refractivity contribution in [3.8, 4) is 0 Å². The molecular formula is C9H18N2S. The Balaban J connectivity index is 2.07. The molecule has 0 aromatic heterocycles. The molecule has 0 bridgehead atoms. The van der Waals surface area contributed by atoms with Crippen LogP contribution in [0.1, 0.15) is 33.1 Å². The lowest BCUT2D eigenvalue weighted by atomic mass is 10.2. The highest BCUT2D eigenvalue weighted by atomic mass is 32.1. The Hall–Kier alpha value is -0.310. The van der Waals surface area contributed by atoms with E-state index in [0.717, 1.165) is 24.0 Å². The third-order valence-corrected chi connectivity index (χ3v) is 2.49. The molecule has 3 heteroatoms. The Morgan fingerprint density at radius 2 is 2.25 bits per heavy atom. The molecule has 1 fully saturated rings. The van der Waals surface area contributed by atoms with Crippen molar-refractivity contribution in [2.75, 3.05) is 6.54 Å². The van der Waals surface area contributed by atoms with Crippen molar-refractivity contribution in [2.24, 2.45) is 5.92 Å². The van der Waals surface area contributed by atoms with E-state index in [4.69, 9.17) is 12.2 Å². The Labute approximate surface area is 80.1 Å². The SMILES string of the molecule is CCCNC(=S)NC(C)C1CC1. The van der Waals surface area contributed by atoms with E-state index >= 15 is 0 Å². The number of nitrogens with one attached hydrogen (secondary N) is 2. The molecule has 0 aromatic rings. The Morgan fingerprint density at radius 3 is 2.75 bits per heavy atom. The van der Waals surface area contributed by atoms with E-state index < -0.39 is 0 Å². The van der Waals surface area contributed by atoms with Gasteiger partial charge in [0.2, 0.25) is 0 Å². The van der Waals surface area contributed by atoms with Crippen LogP contribution in [-0.2, 0) is 0 Å². The Morgan fingerprint density at radius 1 is 1.58 bits per heavy atom. The van der Waals surface area contributed by atoms with Crippen LogP contribution in [0.4, 0.5) is 0 Å². The van der Waals surface area contributed by atoms with Gasteiger partial charge in [0.15, 0.2) is 5.11 Å². The lowest BCUT2D eigenvalue weighted by molar-refractivity contribution is 0.580. The second kappa shape index (κ2) is 4.65. The van der Waals surface area contributed by atoms with Gasteiger partial charge in [-0.2, -0.15) is 0 Å². The molecule has 0 amide bonds. The molecule has 70 valence electrons. The van der Waals surface area contributed by atoms with Gasteiger partial charge in [-0.05, 0) is 44.3 Å². The minimum absolute atomic E-state index is 0.557. The molecule has 0 spiro atoms. The fraction of sp³-hybridized carbons (Fsp3) is 0.889. The quantitative estimate of drug-likeness (QED) is 0.653. The predicted octanol–water partition coefficient (Wildman–Crippen LogP) is 1.66. The molecule has 0 saturated heterocycles. The summed E-state index contributed by atoms with van der Waals surface area (Å²) in [5.74, 6) is 0.867. The molecule has 1 aliphatic carbocycles. The first kappa shape index (κ1) is 9.78. The number of hydrogen-bond donors (Lipinski definition) is 2. The van der Waals surface area contributed by atoms with Crippen molar-refractivity contribution in [2.45, 2.75) is 39.2 Å². The van der Waals surface area contributed by atoms with Gasteiger partial charge in [0, 0.05) is 12.6 Å². The minimum atomic E-state index is 0.557. The standard InChI is InChI=1S/C9H18N2S/c1-3-6-10-9(12)11-7(2)8-4-5-8/h7-8H,3-6H2,1-2H3,(H2,10,11,12). The molecule has 0 heterocycles. The van der Waals surface area contributed by atoms with Gasteiger partial charge in [0.25, 0.3) is 0 Å². The van der Waals surface area contributed by atoms with Crippen molar-refractivity contribution in [3.63, 3.8) is 0 Å². The smallest absolute Gasteiger partial charge is 0.166 e. The molecule has 0 aliphatic heterocycles. The van der Waals surface area contributed by atoms with Gasteiger partial charge >= 0.3 is 0 Å². The van der Waals surface area contributed by atoms with Crippen LogP contribution in [0.2, 0.25) is 0 Å². The maximum absolute atomic E-state index is 5.12. The van der Waals surface area contributed by atoms with E-state index in [9.17, 15) is 0 Å². The lowest BCUT2D eigenvalue weighted by Gasteiger charge is -2.15. The fourth-order valence-electron chi connectivity index (χ4n) is 1.21. The van der Waals surface area contributed by atoms with Gasteiger partial charge in [0.05, 0.1) is 0 Å². The lowest BCUT2D eigenvalue weighted by Crippen LogP contribution is -2.41. The molecule has 2 nitrogen and oxygen atoms in total. The van der Waals surface area contributed by atoms with Crippen LogP contribution in [0.25, 0.3) is 0 Å². The van der Waals surface area contributed by atoms with E-state index in [0.29, 0.717) is 6.04 Å². The average Bonchev–Trinajstić information content (AvgIpc) is 2.82. The predicted molar refractivity (Wildman–Crippen MR) is 56.2 cm³/mol. The van der Waals surface area contributed by atoms with Gasteiger partial charge in [-0.15, -0.1) is 0 Å². The highest BCUT2D eigenvalue weighted by Crippen LogP contribution is 2.32.